The number of hydrogen-bond acceptors (Lipinski definition) is 3. The van der Waals surface area contributed by atoms with Crippen molar-refractivity contribution in [2.24, 2.45) is 5.92 Å². The van der Waals surface area contributed by atoms with E-state index >= 15 is 0 Å². The van der Waals surface area contributed by atoms with Crippen molar-refractivity contribution in [1.82, 2.24) is 10.6 Å². The number of amides is 2. The molecule has 0 aromatic heterocycles. The third-order valence-electron chi connectivity index (χ3n) is 4.00. The van der Waals surface area contributed by atoms with Crippen molar-refractivity contribution in [3.05, 3.63) is 65.5 Å². The van der Waals surface area contributed by atoms with Gasteiger partial charge in [0.2, 0.25) is 5.91 Å². The lowest BCUT2D eigenvalue weighted by molar-refractivity contribution is -0.124. The van der Waals surface area contributed by atoms with Gasteiger partial charge in [0.15, 0.2) is 0 Å². The van der Waals surface area contributed by atoms with Crippen LogP contribution in [0.15, 0.2) is 48.5 Å². The molecule has 2 rings (SSSR count). The number of hydrogen-bond donors (Lipinski definition) is 2. The van der Waals surface area contributed by atoms with Crippen molar-refractivity contribution >= 4 is 11.8 Å². The first-order valence-electron chi connectivity index (χ1n) is 8.90. The second kappa shape index (κ2) is 9.71. The van der Waals surface area contributed by atoms with E-state index in [1.807, 2.05) is 45.0 Å². The summed E-state index contributed by atoms with van der Waals surface area (Å²) in [4.78, 5) is 24.7. The van der Waals surface area contributed by atoms with Gasteiger partial charge in [0.05, 0.1) is 6.54 Å². The molecule has 0 aliphatic carbocycles. The van der Waals surface area contributed by atoms with Gasteiger partial charge in [0, 0.05) is 5.56 Å². The normalized spacial score (nSPS) is 11.7. The Balaban J connectivity index is 1.85. The highest BCUT2D eigenvalue weighted by atomic mass is 19.1. The summed E-state index contributed by atoms with van der Waals surface area (Å²) < 4.78 is 18.6. The first-order valence-corrected chi connectivity index (χ1v) is 8.90. The Bertz CT molecular complexity index is 775. The molecule has 1 atom stereocenters. The van der Waals surface area contributed by atoms with Crippen LogP contribution in [-0.2, 0) is 4.79 Å². The maximum Gasteiger partial charge on any atom is 0.251 e. The van der Waals surface area contributed by atoms with Crippen LogP contribution >= 0.6 is 0 Å². The van der Waals surface area contributed by atoms with Crippen LogP contribution in [0.1, 0.15) is 29.8 Å². The molecule has 6 heteroatoms. The van der Waals surface area contributed by atoms with Crippen LogP contribution in [0.2, 0.25) is 0 Å². The maximum atomic E-state index is 13.0. The molecule has 2 amide bonds. The third-order valence-corrected chi connectivity index (χ3v) is 4.00. The molecule has 5 nitrogen and oxygen atoms in total. The van der Waals surface area contributed by atoms with Gasteiger partial charge in [-0.25, -0.2) is 4.39 Å². The summed E-state index contributed by atoms with van der Waals surface area (Å²) in [5, 5.41) is 5.48. The second-order valence-electron chi connectivity index (χ2n) is 6.66. The van der Waals surface area contributed by atoms with Crippen LogP contribution in [0.25, 0.3) is 0 Å². The standard InChI is InChI=1S/C21H25FN2O3/c1-14(2)19(24-20(25)16-7-9-17(22)10-8-16)21(26)23-11-12-27-18-6-4-5-15(3)13-18/h4-10,13-14,19H,11-12H2,1-3H3,(H,23,26)(H,24,25)/t19-/m0/s1. The zero-order valence-electron chi connectivity index (χ0n) is 15.8. The lowest BCUT2D eigenvalue weighted by Crippen LogP contribution is -2.50. The highest BCUT2D eigenvalue weighted by Crippen LogP contribution is 2.12. The van der Waals surface area contributed by atoms with Crippen molar-refractivity contribution in [3.8, 4) is 5.75 Å². The second-order valence-corrected chi connectivity index (χ2v) is 6.66. The summed E-state index contributed by atoms with van der Waals surface area (Å²) in [6, 6.07) is 12.2. The summed E-state index contributed by atoms with van der Waals surface area (Å²) in [5.41, 5.74) is 1.40. The number of carbonyl (C=O) groups is 2. The van der Waals surface area contributed by atoms with Crippen molar-refractivity contribution in [3.63, 3.8) is 0 Å². The predicted molar refractivity (Wildman–Crippen MR) is 102 cm³/mol. The number of benzene rings is 2. The van der Waals surface area contributed by atoms with E-state index in [0.29, 0.717) is 18.7 Å². The zero-order valence-corrected chi connectivity index (χ0v) is 15.8. The quantitative estimate of drug-likeness (QED) is 0.700. The number of halogens is 1. The molecule has 2 aromatic rings. The van der Waals surface area contributed by atoms with Crippen molar-refractivity contribution < 1.29 is 18.7 Å². The first kappa shape index (κ1) is 20.4. The molecule has 2 aromatic carbocycles. The zero-order chi connectivity index (χ0) is 19.8. The molecule has 0 aliphatic heterocycles. The molecule has 144 valence electrons. The van der Waals surface area contributed by atoms with E-state index in [9.17, 15) is 14.0 Å². The fraction of sp³-hybridized carbons (Fsp3) is 0.333. The summed E-state index contributed by atoms with van der Waals surface area (Å²) in [5.74, 6) is -0.479. The Kier molecular flexibility index (Phi) is 7.34. The number of aryl methyl sites for hydroxylation is 1. The van der Waals surface area contributed by atoms with Crippen LogP contribution in [0.4, 0.5) is 4.39 Å². The predicted octanol–water partition coefficient (Wildman–Crippen LogP) is 3.08. The summed E-state index contributed by atoms with van der Waals surface area (Å²) in [6.07, 6.45) is 0. The molecule has 0 fully saturated rings. The molecule has 0 radical (unpaired) electrons. The van der Waals surface area contributed by atoms with E-state index in [0.717, 1.165) is 11.3 Å². The number of ether oxygens (including phenoxy) is 1. The van der Waals surface area contributed by atoms with Crippen LogP contribution < -0.4 is 15.4 Å². The highest BCUT2D eigenvalue weighted by Gasteiger charge is 2.24. The average molecular weight is 372 g/mol. The van der Waals surface area contributed by atoms with E-state index in [-0.39, 0.29) is 11.8 Å². The van der Waals surface area contributed by atoms with Crippen LogP contribution in [0.5, 0.6) is 5.75 Å². The molecule has 0 spiro atoms. The van der Waals surface area contributed by atoms with Gasteiger partial charge in [-0.2, -0.15) is 0 Å². The van der Waals surface area contributed by atoms with Crippen molar-refractivity contribution in [1.29, 1.82) is 0 Å². The summed E-state index contributed by atoms with van der Waals surface area (Å²) in [7, 11) is 0. The van der Waals surface area contributed by atoms with E-state index in [2.05, 4.69) is 10.6 Å². The van der Waals surface area contributed by atoms with E-state index in [1.165, 1.54) is 24.3 Å². The molecule has 0 saturated heterocycles. The molecular formula is C21H25FN2O3. The molecular weight excluding hydrogens is 347 g/mol. The lowest BCUT2D eigenvalue weighted by Gasteiger charge is -2.22. The van der Waals surface area contributed by atoms with Gasteiger partial charge in [0.1, 0.15) is 24.2 Å². The number of carbonyl (C=O) groups excluding carboxylic acids is 2. The Morgan fingerprint density at radius 2 is 1.81 bits per heavy atom. The van der Waals surface area contributed by atoms with Gasteiger partial charge in [-0.1, -0.05) is 26.0 Å². The van der Waals surface area contributed by atoms with Gasteiger partial charge in [-0.05, 0) is 54.8 Å². The topological polar surface area (TPSA) is 67.4 Å². The molecule has 2 N–H and O–H groups in total. The third kappa shape index (κ3) is 6.40. The van der Waals surface area contributed by atoms with E-state index < -0.39 is 17.8 Å². The molecule has 0 aliphatic rings. The van der Waals surface area contributed by atoms with Crippen LogP contribution in [-0.4, -0.2) is 31.0 Å². The molecule has 0 heterocycles. The highest BCUT2D eigenvalue weighted by molar-refractivity contribution is 5.97. The van der Waals surface area contributed by atoms with E-state index in [4.69, 9.17) is 4.74 Å². The Labute approximate surface area is 158 Å². The van der Waals surface area contributed by atoms with Crippen molar-refractivity contribution in [2.75, 3.05) is 13.2 Å². The average Bonchev–Trinajstić information content (AvgIpc) is 2.63. The van der Waals surface area contributed by atoms with E-state index in [1.54, 1.807) is 0 Å². The number of rotatable bonds is 8. The van der Waals surface area contributed by atoms with Gasteiger partial charge in [0.25, 0.3) is 5.91 Å². The minimum atomic E-state index is -0.693. The SMILES string of the molecule is Cc1cccc(OCCNC(=O)[C@@H](NC(=O)c2ccc(F)cc2)C(C)C)c1. The number of nitrogens with one attached hydrogen (secondary N) is 2. The lowest BCUT2D eigenvalue weighted by atomic mass is 10.0. The molecule has 0 saturated carbocycles. The smallest absolute Gasteiger partial charge is 0.251 e. The Morgan fingerprint density at radius 3 is 2.44 bits per heavy atom. The monoisotopic (exact) mass is 372 g/mol. The first-order chi connectivity index (χ1) is 12.9. The van der Waals surface area contributed by atoms with Gasteiger partial charge >= 0.3 is 0 Å². The van der Waals surface area contributed by atoms with Gasteiger partial charge in [-0.15, -0.1) is 0 Å². The largest absolute Gasteiger partial charge is 0.492 e. The maximum absolute atomic E-state index is 13.0. The minimum Gasteiger partial charge on any atom is -0.492 e. The van der Waals surface area contributed by atoms with Crippen LogP contribution in [0.3, 0.4) is 0 Å². The fourth-order valence-corrected chi connectivity index (χ4v) is 2.52. The minimum absolute atomic E-state index is 0.105. The fourth-order valence-electron chi connectivity index (χ4n) is 2.52. The van der Waals surface area contributed by atoms with Gasteiger partial charge in [-0.3, -0.25) is 9.59 Å². The van der Waals surface area contributed by atoms with Crippen molar-refractivity contribution in [2.45, 2.75) is 26.8 Å². The Morgan fingerprint density at radius 1 is 1.11 bits per heavy atom. The molecule has 27 heavy (non-hydrogen) atoms. The summed E-state index contributed by atoms with van der Waals surface area (Å²) >= 11 is 0. The Hall–Kier alpha value is -2.89. The molecule has 0 bridgehead atoms. The van der Waals surface area contributed by atoms with Gasteiger partial charge < -0.3 is 15.4 Å². The van der Waals surface area contributed by atoms with Crippen LogP contribution in [0, 0.1) is 18.7 Å². The molecule has 0 unspecified atom stereocenters. The summed E-state index contributed by atoms with van der Waals surface area (Å²) in [6.45, 7) is 6.32.